The van der Waals surface area contributed by atoms with Gasteiger partial charge in [-0.25, -0.2) is 27.5 Å². The number of halogens is 4. The van der Waals surface area contributed by atoms with E-state index in [2.05, 4.69) is 19.9 Å². The molecule has 0 radical (unpaired) electrons. The molecular formula is C32H18F4N4. The minimum Gasteiger partial charge on any atom is -0.355 e. The van der Waals surface area contributed by atoms with Crippen molar-refractivity contribution < 1.29 is 17.6 Å². The molecule has 4 nitrogen and oxygen atoms in total. The highest BCUT2D eigenvalue weighted by Gasteiger charge is 2.21. The molecule has 2 aliphatic rings. The van der Waals surface area contributed by atoms with Crippen LogP contribution in [0.2, 0.25) is 0 Å². The van der Waals surface area contributed by atoms with Crippen LogP contribution < -0.4 is 0 Å². The van der Waals surface area contributed by atoms with E-state index >= 15 is 0 Å². The number of nitrogens with one attached hydrogen (secondary N) is 2. The van der Waals surface area contributed by atoms with E-state index < -0.39 is 23.3 Å². The summed E-state index contributed by atoms with van der Waals surface area (Å²) in [5.41, 5.74) is 4.10. The molecule has 8 heteroatoms. The number of rotatable bonds is 2. The van der Waals surface area contributed by atoms with E-state index in [1.807, 2.05) is 0 Å². The molecule has 2 aromatic carbocycles. The minimum atomic E-state index is -0.724. The first-order chi connectivity index (χ1) is 19.4. The van der Waals surface area contributed by atoms with Crippen LogP contribution in [0.25, 0.3) is 68.6 Å². The average Bonchev–Trinajstić information content (AvgIpc) is 3.73. The van der Waals surface area contributed by atoms with Crippen LogP contribution in [0.15, 0.2) is 72.8 Å². The maximum absolute atomic E-state index is 15.0. The molecule has 194 valence electrons. The Morgan fingerprint density at radius 2 is 0.875 bits per heavy atom. The largest absolute Gasteiger partial charge is 0.355 e. The summed E-state index contributed by atoms with van der Waals surface area (Å²) in [7, 11) is 0. The summed E-state index contributed by atoms with van der Waals surface area (Å²) in [6.45, 7) is 0. The van der Waals surface area contributed by atoms with E-state index in [9.17, 15) is 17.6 Å². The van der Waals surface area contributed by atoms with Gasteiger partial charge in [0.05, 0.1) is 33.9 Å². The normalized spacial score (nSPS) is 12.3. The number of hydrogen-bond acceptors (Lipinski definition) is 2. The first-order valence-corrected chi connectivity index (χ1v) is 12.4. The van der Waals surface area contributed by atoms with Gasteiger partial charge in [-0.3, -0.25) is 0 Å². The second kappa shape index (κ2) is 9.20. The molecule has 0 spiro atoms. The van der Waals surface area contributed by atoms with Crippen LogP contribution >= 0.6 is 0 Å². The van der Waals surface area contributed by atoms with Gasteiger partial charge < -0.3 is 9.97 Å². The smallest absolute Gasteiger partial charge is 0.134 e. The summed E-state index contributed by atoms with van der Waals surface area (Å²) < 4.78 is 60.0. The Kier molecular flexibility index (Phi) is 5.48. The highest BCUT2D eigenvalue weighted by molar-refractivity contribution is 5.94. The maximum atomic E-state index is 15.0. The van der Waals surface area contributed by atoms with Crippen LogP contribution in [-0.2, 0) is 0 Å². The van der Waals surface area contributed by atoms with E-state index in [4.69, 9.17) is 0 Å². The summed E-state index contributed by atoms with van der Waals surface area (Å²) in [5.74, 6) is -2.84. The van der Waals surface area contributed by atoms with Gasteiger partial charge in [-0.2, -0.15) is 0 Å². The van der Waals surface area contributed by atoms with Crippen molar-refractivity contribution in [3.05, 3.63) is 119 Å². The first-order valence-electron chi connectivity index (χ1n) is 12.4. The standard InChI is InChI=1S/C32H18F4N4/c33-21-3-1-4-22(34)29(21)31-25-11-7-17(37-25)15-19-9-13-27(39-19)32(30-23(35)5-2-6-24(30)36)28-14-10-20(40-28)16-18-8-12-26(31)38-18/h1-16,37-38H. The fourth-order valence-corrected chi connectivity index (χ4v) is 5.07. The molecule has 5 aromatic rings. The molecule has 7 rings (SSSR count). The third-order valence-corrected chi connectivity index (χ3v) is 6.82. The molecule has 40 heavy (non-hydrogen) atoms. The van der Waals surface area contributed by atoms with Crippen LogP contribution in [0.3, 0.4) is 0 Å². The molecule has 0 saturated heterocycles. The van der Waals surface area contributed by atoms with Gasteiger partial charge in [0.2, 0.25) is 0 Å². The highest BCUT2D eigenvalue weighted by Crippen LogP contribution is 2.35. The number of aromatic amines is 2. The Balaban J connectivity index is 1.60. The van der Waals surface area contributed by atoms with Crippen molar-refractivity contribution in [1.82, 2.24) is 19.9 Å². The number of nitrogens with zero attached hydrogens (tertiary/aromatic N) is 2. The molecule has 0 saturated carbocycles. The van der Waals surface area contributed by atoms with E-state index in [-0.39, 0.29) is 16.7 Å². The van der Waals surface area contributed by atoms with Crippen LogP contribution in [0, 0.1) is 23.3 Å². The van der Waals surface area contributed by atoms with Crippen LogP contribution in [0.4, 0.5) is 17.6 Å². The summed E-state index contributed by atoms with van der Waals surface area (Å²) in [4.78, 5) is 15.7. The topological polar surface area (TPSA) is 57.4 Å². The van der Waals surface area contributed by atoms with Crippen LogP contribution in [0.5, 0.6) is 0 Å². The van der Waals surface area contributed by atoms with Gasteiger partial charge in [0.15, 0.2) is 0 Å². The Hall–Kier alpha value is -5.24. The Bertz CT molecular complexity index is 1930. The van der Waals surface area contributed by atoms with Gasteiger partial charge in [-0.05, 0) is 85.0 Å². The molecule has 0 unspecified atom stereocenters. The third kappa shape index (κ3) is 4.01. The summed E-state index contributed by atoms with van der Waals surface area (Å²) in [6, 6.07) is 17.9. The zero-order chi connectivity index (χ0) is 27.4. The number of fused-ring (bicyclic) bond motifs is 8. The van der Waals surface area contributed by atoms with E-state index in [1.54, 1.807) is 60.7 Å². The molecular weight excluding hydrogens is 516 g/mol. The number of aromatic nitrogens is 4. The van der Waals surface area contributed by atoms with Gasteiger partial charge in [-0.15, -0.1) is 0 Å². The first kappa shape index (κ1) is 23.8. The van der Waals surface area contributed by atoms with Crippen molar-refractivity contribution in [3.8, 4) is 22.3 Å². The van der Waals surface area contributed by atoms with Gasteiger partial charge in [-0.1, -0.05) is 12.1 Å². The molecule has 2 N–H and O–H groups in total. The Morgan fingerprint density at radius 3 is 1.32 bits per heavy atom. The lowest BCUT2D eigenvalue weighted by molar-refractivity contribution is 0.589. The van der Waals surface area contributed by atoms with Crippen LogP contribution in [0.1, 0.15) is 22.8 Å². The lowest BCUT2D eigenvalue weighted by atomic mass is 10.0. The van der Waals surface area contributed by atoms with Crippen molar-refractivity contribution in [2.75, 3.05) is 0 Å². The van der Waals surface area contributed by atoms with Crippen molar-refractivity contribution in [2.24, 2.45) is 0 Å². The number of H-pyrrole nitrogens is 2. The predicted molar refractivity (Wildman–Crippen MR) is 150 cm³/mol. The third-order valence-electron chi connectivity index (χ3n) is 6.82. The summed E-state index contributed by atoms with van der Waals surface area (Å²) >= 11 is 0. The second-order valence-corrected chi connectivity index (χ2v) is 9.40. The van der Waals surface area contributed by atoms with Gasteiger partial charge in [0, 0.05) is 33.2 Å². The minimum absolute atomic E-state index is 0.168. The Labute approximate surface area is 225 Å². The molecule has 0 fully saturated rings. The zero-order valence-electron chi connectivity index (χ0n) is 20.6. The SMILES string of the molecule is Fc1cccc(F)c1-c1c2nc(cc3ccc([nH]3)c(-c3c(F)cccc3F)c3ccc(cc4nc1C=C4)[nH]3)C=C2. The molecule has 0 aliphatic carbocycles. The van der Waals surface area contributed by atoms with E-state index in [1.165, 1.54) is 36.4 Å². The van der Waals surface area contributed by atoms with Crippen molar-refractivity contribution in [3.63, 3.8) is 0 Å². The van der Waals surface area contributed by atoms with Gasteiger partial charge in [0.1, 0.15) is 23.3 Å². The van der Waals surface area contributed by atoms with E-state index in [0.717, 1.165) is 0 Å². The predicted octanol–water partition coefficient (Wildman–Crippen LogP) is 8.55. The second-order valence-electron chi connectivity index (χ2n) is 9.40. The zero-order valence-corrected chi connectivity index (χ0v) is 20.6. The van der Waals surface area contributed by atoms with Crippen molar-refractivity contribution >= 4 is 46.4 Å². The van der Waals surface area contributed by atoms with Crippen LogP contribution in [-0.4, -0.2) is 19.9 Å². The maximum Gasteiger partial charge on any atom is 0.134 e. The Morgan fingerprint density at radius 1 is 0.450 bits per heavy atom. The van der Waals surface area contributed by atoms with Crippen molar-refractivity contribution in [1.29, 1.82) is 0 Å². The summed E-state index contributed by atoms with van der Waals surface area (Å²) in [5, 5.41) is 0. The van der Waals surface area contributed by atoms with Gasteiger partial charge >= 0.3 is 0 Å². The molecule has 0 amide bonds. The monoisotopic (exact) mass is 534 g/mol. The quantitative estimate of drug-likeness (QED) is 0.218. The molecule has 5 heterocycles. The lowest BCUT2D eigenvalue weighted by Gasteiger charge is -2.07. The lowest BCUT2D eigenvalue weighted by Crippen LogP contribution is -1.95. The van der Waals surface area contributed by atoms with Gasteiger partial charge in [0.25, 0.3) is 0 Å². The fourth-order valence-electron chi connectivity index (χ4n) is 5.07. The molecule has 8 bridgehead atoms. The number of benzene rings is 2. The number of hydrogen-bond donors (Lipinski definition) is 2. The van der Waals surface area contributed by atoms with E-state index in [0.29, 0.717) is 50.4 Å². The highest BCUT2D eigenvalue weighted by atomic mass is 19.1. The average molecular weight is 535 g/mol. The molecule has 2 aliphatic heterocycles. The molecule has 0 atom stereocenters. The molecule has 3 aromatic heterocycles. The summed E-state index contributed by atoms with van der Waals surface area (Å²) in [6.07, 6.45) is 6.80. The van der Waals surface area contributed by atoms with Crippen molar-refractivity contribution in [2.45, 2.75) is 0 Å². The fraction of sp³-hybridized carbons (Fsp3) is 0.